The summed E-state index contributed by atoms with van der Waals surface area (Å²) in [6.07, 6.45) is 1.85. The van der Waals surface area contributed by atoms with Crippen LogP contribution < -0.4 is 5.32 Å². The fourth-order valence-corrected chi connectivity index (χ4v) is 2.78. The summed E-state index contributed by atoms with van der Waals surface area (Å²) >= 11 is 7.37. The van der Waals surface area contributed by atoms with Gasteiger partial charge in [0.2, 0.25) is 0 Å². The van der Waals surface area contributed by atoms with Crippen LogP contribution in [-0.2, 0) is 0 Å². The summed E-state index contributed by atoms with van der Waals surface area (Å²) < 4.78 is 13.1. The molecule has 1 N–H and O–H groups in total. The fourth-order valence-electron chi connectivity index (χ4n) is 1.66. The van der Waals surface area contributed by atoms with Crippen molar-refractivity contribution in [2.45, 2.75) is 19.9 Å². The molecule has 0 saturated heterocycles. The smallest absolute Gasteiger partial charge is 0.141 e. The monoisotopic (exact) mass is 284 g/mol. The second-order valence-corrected chi connectivity index (χ2v) is 5.45. The van der Waals surface area contributed by atoms with E-state index >= 15 is 0 Å². The van der Waals surface area contributed by atoms with Gasteiger partial charge in [-0.25, -0.2) is 9.37 Å². The first-order chi connectivity index (χ1) is 8.61. The summed E-state index contributed by atoms with van der Waals surface area (Å²) in [5.41, 5.74) is 0.848. The summed E-state index contributed by atoms with van der Waals surface area (Å²) in [4.78, 5) is 5.52. The van der Waals surface area contributed by atoms with Gasteiger partial charge in [-0.2, -0.15) is 0 Å². The van der Waals surface area contributed by atoms with E-state index in [1.54, 1.807) is 23.5 Å². The highest BCUT2D eigenvalue weighted by Crippen LogP contribution is 2.30. The van der Waals surface area contributed by atoms with Crippen LogP contribution in [0.25, 0.3) is 10.6 Å². The Morgan fingerprint density at radius 3 is 2.94 bits per heavy atom. The first-order valence-corrected chi connectivity index (χ1v) is 6.95. The summed E-state index contributed by atoms with van der Waals surface area (Å²) in [6, 6.07) is 4.95. The van der Waals surface area contributed by atoms with Crippen molar-refractivity contribution in [1.82, 2.24) is 10.3 Å². The van der Waals surface area contributed by atoms with Crippen LogP contribution in [0.4, 0.5) is 4.39 Å². The van der Waals surface area contributed by atoms with E-state index in [0.717, 1.165) is 22.0 Å². The van der Waals surface area contributed by atoms with E-state index in [-0.39, 0.29) is 11.1 Å². The quantitative estimate of drug-likeness (QED) is 0.907. The zero-order chi connectivity index (χ0) is 13.1. The Labute approximate surface area is 115 Å². The highest BCUT2D eigenvalue weighted by molar-refractivity contribution is 7.15. The molecule has 0 bridgehead atoms. The lowest BCUT2D eigenvalue weighted by atomic mass is 10.2. The maximum absolute atomic E-state index is 13.1. The Bertz CT molecular complexity index is 542. The molecule has 0 fully saturated rings. The van der Waals surface area contributed by atoms with Crippen LogP contribution in [0.1, 0.15) is 24.8 Å². The third kappa shape index (κ3) is 2.88. The van der Waals surface area contributed by atoms with Gasteiger partial charge in [-0.3, -0.25) is 0 Å². The third-order valence-corrected chi connectivity index (χ3v) is 4.15. The van der Waals surface area contributed by atoms with Crippen LogP contribution in [0, 0.1) is 5.82 Å². The molecule has 0 aliphatic carbocycles. The van der Waals surface area contributed by atoms with Gasteiger partial charge in [-0.05, 0) is 31.7 Å². The van der Waals surface area contributed by atoms with E-state index in [4.69, 9.17) is 11.6 Å². The van der Waals surface area contributed by atoms with Gasteiger partial charge in [-0.1, -0.05) is 18.5 Å². The van der Waals surface area contributed by atoms with Crippen molar-refractivity contribution in [2.24, 2.45) is 0 Å². The first-order valence-electron chi connectivity index (χ1n) is 5.76. The molecule has 18 heavy (non-hydrogen) atoms. The molecule has 2 nitrogen and oxygen atoms in total. The zero-order valence-electron chi connectivity index (χ0n) is 10.2. The Hall–Kier alpha value is -0.970. The molecule has 5 heteroatoms. The summed E-state index contributed by atoms with van der Waals surface area (Å²) in [7, 11) is 0. The van der Waals surface area contributed by atoms with Crippen molar-refractivity contribution in [3.8, 4) is 10.6 Å². The van der Waals surface area contributed by atoms with Crippen molar-refractivity contribution in [2.75, 3.05) is 6.54 Å². The molecule has 0 saturated carbocycles. The summed E-state index contributed by atoms with van der Waals surface area (Å²) in [6.45, 7) is 5.08. The predicted molar refractivity (Wildman–Crippen MR) is 74.6 cm³/mol. The molecule has 1 aromatic carbocycles. The number of nitrogens with one attached hydrogen (secondary N) is 1. The van der Waals surface area contributed by atoms with Crippen LogP contribution >= 0.6 is 22.9 Å². The van der Waals surface area contributed by atoms with Gasteiger partial charge in [0.15, 0.2) is 0 Å². The molecular weight excluding hydrogens is 271 g/mol. The lowest BCUT2D eigenvalue weighted by Gasteiger charge is -2.08. The van der Waals surface area contributed by atoms with Crippen LogP contribution in [0.2, 0.25) is 5.02 Å². The second-order valence-electron chi connectivity index (χ2n) is 3.98. The molecule has 0 radical (unpaired) electrons. The standard InChI is InChI=1S/C13H14ClFN2S/c1-3-16-8(2)12-7-17-13(18-12)9-4-5-11(15)10(14)6-9/h4-8,16H,3H2,1-2H3. The van der Waals surface area contributed by atoms with Crippen LogP contribution in [0.3, 0.4) is 0 Å². The average molecular weight is 285 g/mol. The predicted octanol–water partition coefficient (Wildman–Crippen LogP) is 4.27. The van der Waals surface area contributed by atoms with Crippen molar-refractivity contribution in [1.29, 1.82) is 0 Å². The molecule has 1 unspecified atom stereocenters. The average Bonchev–Trinajstić information content (AvgIpc) is 2.82. The van der Waals surface area contributed by atoms with E-state index < -0.39 is 5.82 Å². The Kier molecular flexibility index (Phi) is 4.32. The zero-order valence-corrected chi connectivity index (χ0v) is 11.8. The SMILES string of the molecule is CCNC(C)c1cnc(-c2ccc(F)c(Cl)c2)s1. The topological polar surface area (TPSA) is 24.9 Å². The highest BCUT2D eigenvalue weighted by atomic mass is 35.5. The molecule has 0 aliphatic rings. The van der Waals surface area contributed by atoms with Gasteiger partial charge in [0, 0.05) is 22.7 Å². The number of hydrogen-bond acceptors (Lipinski definition) is 3. The summed E-state index contributed by atoms with van der Waals surface area (Å²) in [5, 5.41) is 4.32. The molecular formula is C13H14ClFN2S. The Balaban J connectivity index is 2.26. The number of benzene rings is 1. The van der Waals surface area contributed by atoms with Crippen LogP contribution in [0.5, 0.6) is 0 Å². The van der Waals surface area contributed by atoms with E-state index in [9.17, 15) is 4.39 Å². The van der Waals surface area contributed by atoms with E-state index in [0.29, 0.717) is 0 Å². The van der Waals surface area contributed by atoms with Crippen molar-refractivity contribution < 1.29 is 4.39 Å². The van der Waals surface area contributed by atoms with Gasteiger partial charge in [-0.15, -0.1) is 11.3 Å². The molecule has 0 amide bonds. The number of nitrogens with zero attached hydrogens (tertiary/aromatic N) is 1. The van der Waals surface area contributed by atoms with Crippen LogP contribution in [0.15, 0.2) is 24.4 Å². The fraction of sp³-hybridized carbons (Fsp3) is 0.308. The minimum atomic E-state index is -0.404. The Morgan fingerprint density at radius 2 is 2.28 bits per heavy atom. The van der Waals surface area contributed by atoms with Crippen molar-refractivity contribution >= 4 is 22.9 Å². The van der Waals surface area contributed by atoms with Gasteiger partial charge < -0.3 is 5.32 Å². The number of rotatable bonds is 4. The maximum Gasteiger partial charge on any atom is 0.141 e. The molecule has 2 aromatic rings. The lowest BCUT2D eigenvalue weighted by Crippen LogP contribution is -2.16. The molecule has 0 spiro atoms. The van der Waals surface area contributed by atoms with Gasteiger partial charge in [0.05, 0.1) is 5.02 Å². The molecule has 2 rings (SSSR count). The minimum Gasteiger partial charge on any atom is -0.310 e. The highest BCUT2D eigenvalue weighted by Gasteiger charge is 2.11. The third-order valence-electron chi connectivity index (χ3n) is 2.63. The molecule has 0 aliphatic heterocycles. The van der Waals surface area contributed by atoms with Gasteiger partial charge in [0.1, 0.15) is 10.8 Å². The largest absolute Gasteiger partial charge is 0.310 e. The van der Waals surface area contributed by atoms with E-state index in [1.807, 2.05) is 6.20 Å². The van der Waals surface area contributed by atoms with E-state index in [1.165, 1.54) is 6.07 Å². The number of thiazole rings is 1. The molecule has 1 heterocycles. The molecule has 96 valence electrons. The molecule has 1 atom stereocenters. The van der Waals surface area contributed by atoms with Gasteiger partial charge >= 0.3 is 0 Å². The second kappa shape index (κ2) is 5.78. The van der Waals surface area contributed by atoms with Gasteiger partial charge in [0.25, 0.3) is 0 Å². The minimum absolute atomic E-state index is 0.129. The normalized spacial score (nSPS) is 12.7. The summed E-state index contributed by atoms with van der Waals surface area (Å²) in [5.74, 6) is -0.404. The Morgan fingerprint density at radius 1 is 1.50 bits per heavy atom. The van der Waals surface area contributed by atoms with E-state index in [2.05, 4.69) is 24.1 Å². The lowest BCUT2D eigenvalue weighted by molar-refractivity contribution is 0.606. The number of halogens is 2. The number of aromatic nitrogens is 1. The number of hydrogen-bond donors (Lipinski definition) is 1. The maximum atomic E-state index is 13.1. The van der Waals surface area contributed by atoms with Crippen molar-refractivity contribution in [3.05, 3.63) is 40.1 Å². The van der Waals surface area contributed by atoms with Crippen LogP contribution in [-0.4, -0.2) is 11.5 Å². The van der Waals surface area contributed by atoms with Crippen molar-refractivity contribution in [3.63, 3.8) is 0 Å². The molecule has 1 aromatic heterocycles. The first kappa shape index (κ1) is 13.5.